The molecule has 2 amide bonds. The van der Waals surface area contributed by atoms with Crippen molar-refractivity contribution in [1.82, 2.24) is 15.2 Å². The summed E-state index contributed by atoms with van der Waals surface area (Å²) in [6.07, 6.45) is 4.74. The van der Waals surface area contributed by atoms with Gasteiger partial charge in [-0.3, -0.25) is 14.6 Å². The summed E-state index contributed by atoms with van der Waals surface area (Å²) >= 11 is 0. The van der Waals surface area contributed by atoms with Crippen LogP contribution < -0.4 is 14.8 Å². The fraction of sp³-hybridized carbons (Fsp3) is 0.387. The van der Waals surface area contributed by atoms with Crippen LogP contribution in [0.3, 0.4) is 0 Å². The molecule has 204 valence electrons. The molecule has 8 heteroatoms. The Morgan fingerprint density at radius 3 is 2.56 bits per heavy atom. The Balaban J connectivity index is 1.60. The minimum atomic E-state index is -0.709. The summed E-state index contributed by atoms with van der Waals surface area (Å²) in [5.74, 6) is 0.0481. The second-order valence-electron chi connectivity index (χ2n) is 10.1. The Labute approximate surface area is 229 Å². The topological polar surface area (TPSA) is 101 Å². The van der Waals surface area contributed by atoms with Crippen molar-refractivity contribution < 1.29 is 24.2 Å². The molecule has 1 fully saturated rings. The Morgan fingerprint density at radius 1 is 1.03 bits per heavy atom. The summed E-state index contributed by atoms with van der Waals surface area (Å²) in [4.78, 5) is 34.3. The van der Waals surface area contributed by atoms with Crippen molar-refractivity contribution >= 4 is 11.8 Å². The third-order valence-corrected chi connectivity index (χ3v) is 7.88. The normalized spacial score (nSPS) is 22.6. The van der Waals surface area contributed by atoms with Crippen molar-refractivity contribution in [2.24, 2.45) is 0 Å². The quantitative estimate of drug-likeness (QED) is 0.457. The molecule has 2 N–H and O–H groups in total. The van der Waals surface area contributed by atoms with Gasteiger partial charge < -0.3 is 24.8 Å². The first kappa shape index (κ1) is 26.7. The number of nitrogens with zero attached hydrogens (tertiary/aromatic N) is 2. The Hall–Kier alpha value is -3.91. The molecule has 1 aliphatic heterocycles. The number of carbonyl (C=O) groups is 2. The van der Waals surface area contributed by atoms with Gasteiger partial charge >= 0.3 is 0 Å². The fourth-order valence-electron chi connectivity index (χ4n) is 5.98. The van der Waals surface area contributed by atoms with Crippen molar-refractivity contribution in [1.29, 1.82) is 0 Å². The molecule has 2 heterocycles. The molecule has 0 spiro atoms. The number of pyridine rings is 1. The number of fused-ring (bicyclic) bond motifs is 1. The number of hydrogen-bond acceptors (Lipinski definition) is 6. The van der Waals surface area contributed by atoms with Crippen LogP contribution in [0.2, 0.25) is 0 Å². The average Bonchev–Trinajstić information content (AvgIpc) is 2.97. The van der Waals surface area contributed by atoms with E-state index in [0.29, 0.717) is 54.0 Å². The van der Waals surface area contributed by atoms with Crippen molar-refractivity contribution in [3.8, 4) is 11.5 Å². The zero-order valence-corrected chi connectivity index (χ0v) is 22.4. The minimum Gasteiger partial charge on any atom is -0.497 e. The molecule has 1 aliphatic carbocycles. The molecule has 0 bridgehead atoms. The van der Waals surface area contributed by atoms with E-state index in [1.165, 1.54) is 0 Å². The number of rotatable bonds is 8. The smallest absolute Gasteiger partial charge is 0.255 e. The monoisotopic (exact) mass is 529 g/mol. The predicted molar refractivity (Wildman–Crippen MR) is 147 cm³/mol. The van der Waals surface area contributed by atoms with Gasteiger partial charge in [-0.1, -0.05) is 37.1 Å². The summed E-state index contributed by atoms with van der Waals surface area (Å²) in [6, 6.07) is 17.4. The van der Waals surface area contributed by atoms with Crippen LogP contribution in [0.15, 0.2) is 66.9 Å². The maximum absolute atomic E-state index is 14.1. The molecule has 4 atom stereocenters. The van der Waals surface area contributed by atoms with Gasteiger partial charge in [-0.15, -0.1) is 0 Å². The van der Waals surface area contributed by atoms with E-state index in [4.69, 9.17) is 9.47 Å². The van der Waals surface area contributed by atoms with Gasteiger partial charge in [-0.05, 0) is 48.7 Å². The molecular formula is C31H35N3O5. The Kier molecular flexibility index (Phi) is 8.12. The molecule has 5 rings (SSSR count). The van der Waals surface area contributed by atoms with Crippen LogP contribution in [0.1, 0.15) is 64.8 Å². The number of carbonyl (C=O) groups excluding carboxylic acids is 2. The lowest BCUT2D eigenvalue weighted by Gasteiger charge is -2.48. The Morgan fingerprint density at radius 2 is 1.82 bits per heavy atom. The SMILES string of the molecule is COc1ccc(C2C(C(=O)NCCc3ccccn3)c3ccccc3C(=O)N2C2CCCCC2O)c(OC)c1. The van der Waals surface area contributed by atoms with E-state index in [2.05, 4.69) is 10.3 Å². The van der Waals surface area contributed by atoms with E-state index in [9.17, 15) is 14.7 Å². The molecular weight excluding hydrogens is 494 g/mol. The summed E-state index contributed by atoms with van der Waals surface area (Å²) in [5.41, 5.74) is 2.74. The molecule has 2 aromatic carbocycles. The number of methoxy groups -OCH3 is 2. The van der Waals surface area contributed by atoms with E-state index in [-0.39, 0.29) is 11.8 Å². The van der Waals surface area contributed by atoms with Gasteiger partial charge in [-0.2, -0.15) is 0 Å². The largest absolute Gasteiger partial charge is 0.497 e. The van der Waals surface area contributed by atoms with Crippen LogP contribution >= 0.6 is 0 Å². The molecule has 0 radical (unpaired) electrons. The predicted octanol–water partition coefficient (Wildman–Crippen LogP) is 4.04. The third-order valence-electron chi connectivity index (χ3n) is 7.88. The molecule has 2 aliphatic rings. The summed E-state index contributed by atoms with van der Waals surface area (Å²) < 4.78 is 11.2. The van der Waals surface area contributed by atoms with Crippen LogP contribution in [-0.4, -0.2) is 59.7 Å². The van der Waals surface area contributed by atoms with Gasteiger partial charge in [0.05, 0.1) is 38.3 Å². The number of aliphatic hydroxyl groups is 1. The van der Waals surface area contributed by atoms with Crippen molar-refractivity contribution in [2.45, 2.75) is 56.2 Å². The van der Waals surface area contributed by atoms with Gasteiger partial charge in [-0.25, -0.2) is 0 Å². The zero-order chi connectivity index (χ0) is 27.4. The first-order valence-corrected chi connectivity index (χ1v) is 13.5. The molecule has 3 aromatic rings. The lowest BCUT2D eigenvalue weighted by molar-refractivity contribution is -0.125. The van der Waals surface area contributed by atoms with E-state index < -0.39 is 24.1 Å². The third kappa shape index (κ3) is 5.34. The molecule has 39 heavy (non-hydrogen) atoms. The van der Waals surface area contributed by atoms with E-state index in [0.717, 1.165) is 18.5 Å². The first-order chi connectivity index (χ1) is 19.0. The highest BCUT2D eigenvalue weighted by Crippen LogP contribution is 2.48. The zero-order valence-electron chi connectivity index (χ0n) is 22.4. The van der Waals surface area contributed by atoms with Crippen molar-refractivity contribution in [3.63, 3.8) is 0 Å². The number of hydrogen-bond donors (Lipinski definition) is 2. The van der Waals surface area contributed by atoms with Crippen LogP contribution in [0.5, 0.6) is 11.5 Å². The van der Waals surface area contributed by atoms with Gasteiger partial charge in [0.1, 0.15) is 11.5 Å². The number of amides is 2. The highest BCUT2D eigenvalue weighted by atomic mass is 16.5. The standard InChI is InChI=1S/C31H35N3O5/c1-38-21-14-15-24(27(19-21)39-2)29-28(30(36)33-18-16-20-9-7-8-17-32-20)22-10-3-4-11-23(22)31(37)34(29)25-12-5-6-13-26(25)35/h3-4,7-11,14-15,17,19,25-26,28-29,35H,5-6,12-13,16,18H2,1-2H3,(H,33,36). The molecule has 1 aromatic heterocycles. The number of aromatic nitrogens is 1. The second kappa shape index (κ2) is 11.9. The lowest BCUT2D eigenvalue weighted by Crippen LogP contribution is -2.55. The number of ether oxygens (including phenoxy) is 2. The summed E-state index contributed by atoms with van der Waals surface area (Å²) in [6.45, 7) is 0.404. The van der Waals surface area contributed by atoms with Crippen LogP contribution in [0.25, 0.3) is 0 Å². The highest BCUT2D eigenvalue weighted by Gasteiger charge is 2.49. The maximum Gasteiger partial charge on any atom is 0.255 e. The molecule has 0 saturated heterocycles. The number of nitrogens with one attached hydrogen (secondary N) is 1. The van der Waals surface area contributed by atoms with Crippen LogP contribution in [0, 0.1) is 0 Å². The van der Waals surface area contributed by atoms with Gasteiger partial charge in [0, 0.05) is 42.0 Å². The maximum atomic E-state index is 14.1. The Bertz CT molecular complexity index is 1310. The molecule has 8 nitrogen and oxygen atoms in total. The van der Waals surface area contributed by atoms with Gasteiger partial charge in [0.25, 0.3) is 5.91 Å². The van der Waals surface area contributed by atoms with Crippen LogP contribution in [0.4, 0.5) is 0 Å². The van der Waals surface area contributed by atoms with E-state index >= 15 is 0 Å². The van der Waals surface area contributed by atoms with E-state index in [1.54, 1.807) is 37.4 Å². The molecule has 1 saturated carbocycles. The minimum absolute atomic E-state index is 0.183. The van der Waals surface area contributed by atoms with Crippen LogP contribution in [-0.2, 0) is 11.2 Å². The van der Waals surface area contributed by atoms with Gasteiger partial charge in [0.2, 0.25) is 5.91 Å². The van der Waals surface area contributed by atoms with Crippen molar-refractivity contribution in [3.05, 3.63) is 89.2 Å². The molecule has 4 unspecified atom stereocenters. The van der Waals surface area contributed by atoms with Crippen molar-refractivity contribution in [2.75, 3.05) is 20.8 Å². The first-order valence-electron chi connectivity index (χ1n) is 13.5. The highest BCUT2D eigenvalue weighted by molar-refractivity contribution is 6.01. The fourth-order valence-corrected chi connectivity index (χ4v) is 5.98. The summed E-state index contributed by atoms with van der Waals surface area (Å²) in [5, 5.41) is 14.2. The summed E-state index contributed by atoms with van der Waals surface area (Å²) in [7, 11) is 3.15. The second-order valence-corrected chi connectivity index (χ2v) is 10.1. The number of benzene rings is 2. The lowest BCUT2D eigenvalue weighted by atomic mass is 9.76. The van der Waals surface area contributed by atoms with E-state index in [1.807, 2.05) is 48.5 Å². The average molecular weight is 530 g/mol. The van der Waals surface area contributed by atoms with Gasteiger partial charge in [0.15, 0.2) is 0 Å². The number of aliphatic hydroxyl groups excluding tert-OH is 1.